The molecule has 0 spiro atoms. The highest BCUT2D eigenvalue weighted by molar-refractivity contribution is 5.76. The number of carboxylic acid groups (broad SMARTS) is 1. The van der Waals surface area contributed by atoms with Crippen LogP contribution >= 0.6 is 0 Å². The molecule has 1 aromatic carbocycles. The first-order valence-electron chi connectivity index (χ1n) is 4.99. The van der Waals surface area contributed by atoms with Crippen molar-refractivity contribution < 1.29 is 15.0 Å². The third kappa shape index (κ3) is 3.06. The predicted octanol–water partition coefficient (Wildman–Crippen LogP) is 1.63. The predicted molar refractivity (Wildman–Crippen MR) is 57.8 cm³/mol. The van der Waals surface area contributed by atoms with Gasteiger partial charge in [-0.15, -0.1) is 0 Å². The lowest BCUT2D eigenvalue weighted by Gasteiger charge is -2.17. The van der Waals surface area contributed by atoms with E-state index in [2.05, 4.69) is 6.92 Å². The van der Waals surface area contributed by atoms with Crippen LogP contribution in [0, 0.1) is 0 Å². The summed E-state index contributed by atoms with van der Waals surface area (Å²) < 4.78 is 0. The highest BCUT2D eigenvalue weighted by Gasteiger charge is 2.29. The molecule has 1 atom stereocenters. The van der Waals surface area contributed by atoms with Gasteiger partial charge in [-0.1, -0.05) is 31.2 Å². The number of aliphatic hydroxyl groups is 1. The molecule has 3 nitrogen and oxygen atoms in total. The fourth-order valence-electron chi connectivity index (χ4n) is 1.37. The van der Waals surface area contributed by atoms with Gasteiger partial charge in [-0.2, -0.15) is 0 Å². The maximum absolute atomic E-state index is 10.7. The van der Waals surface area contributed by atoms with Crippen molar-refractivity contribution in [2.75, 3.05) is 0 Å². The molecule has 0 radical (unpaired) electrons. The second-order valence-corrected chi connectivity index (χ2v) is 3.93. The van der Waals surface area contributed by atoms with Crippen LogP contribution < -0.4 is 0 Å². The van der Waals surface area contributed by atoms with Crippen molar-refractivity contribution >= 4 is 5.97 Å². The molecule has 0 fully saturated rings. The molecule has 2 N–H and O–H groups in total. The zero-order valence-corrected chi connectivity index (χ0v) is 9.03. The number of hydrogen-bond donors (Lipinski definition) is 2. The van der Waals surface area contributed by atoms with E-state index in [1.165, 1.54) is 12.5 Å². The minimum Gasteiger partial charge on any atom is -0.479 e. The van der Waals surface area contributed by atoms with Gasteiger partial charge in [0, 0.05) is 6.42 Å². The van der Waals surface area contributed by atoms with Crippen molar-refractivity contribution in [1.29, 1.82) is 0 Å². The van der Waals surface area contributed by atoms with Crippen LogP contribution in [-0.2, 0) is 17.6 Å². The maximum Gasteiger partial charge on any atom is 0.335 e. The lowest BCUT2D eigenvalue weighted by Crippen LogP contribution is -2.37. The molecule has 15 heavy (non-hydrogen) atoms. The lowest BCUT2D eigenvalue weighted by atomic mass is 9.96. The monoisotopic (exact) mass is 208 g/mol. The molecule has 0 amide bonds. The maximum atomic E-state index is 10.7. The Bertz CT molecular complexity index is 338. The first kappa shape index (κ1) is 11.7. The van der Waals surface area contributed by atoms with E-state index < -0.39 is 11.6 Å². The van der Waals surface area contributed by atoms with Crippen LogP contribution in [0.3, 0.4) is 0 Å². The first-order valence-corrected chi connectivity index (χ1v) is 4.99. The zero-order chi connectivity index (χ0) is 11.5. The van der Waals surface area contributed by atoms with Gasteiger partial charge in [0.25, 0.3) is 0 Å². The Morgan fingerprint density at radius 1 is 1.27 bits per heavy atom. The molecule has 0 saturated heterocycles. The normalized spacial score (nSPS) is 14.6. The summed E-state index contributed by atoms with van der Waals surface area (Å²) in [5.74, 6) is -1.19. The number of benzene rings is 1. The van der Waals surface area contributed by atoms with Crippen molar-refractivity contribution in [3.05, 3.63) is 35.4 Å². The highest BCUT2D eigenvalue weighted by Crippen LogP contribution is 2.14. The van der Waals surface area contributed by atoms with Crippen LogP contribution in [0.2, 0.25) is 0 Å². The number of rotatable bonds is 4. The van der Waals surface area contributed by atoms with E-state index in [-0.39, 0.29) is 6.42 Å². The van der Waals surface area contributed by atoms with Crippen molar-refractivity contribution in [2.45, 2.75) is 32.3 Å². The van der Waals surface area contributed by atoms with E-state index in [9.17, 15) is 9.90 Å². The fourth-order valence-corrected chi connectivity index (χ4v) is 1.37. The summed E-state index contributed by atoms with van der Waals surface area (Å²) in [6, 6.07) is 7.62. The molecule has 1 unspecified atom stereocenters. The number of carboxylic acids is 1. The van der Waals surface area contributed by atoms with Crippen LogP contribution in [0.5, 0.6) is 0 Å². The number of aryl methyl sites for hydroxylation is 1. The molecular formula is C12H16O3. The van der Waals surface area contributed by atoms with Gasteiger partial charge in [-0.25, -0.2) is 4.79 Å². The van der Waals surface area contributed by atoms with Crippen LogP contribution in [-0.4, -0.2) is 21.8 Å². The van der Waals surface area contributed by atoms with Crippen molar-refractivity contribution in [2.24, 2.45) is 0 Å². The fraction of sp³-hybridized carbons (Fsp3) is 0.417. The quantitative estimate of drug-likeness (QED) is 0.790. The van der Waals surface area contributed by atoms with Gasteiger partial charge in [0.05, 0.1) is 0 Å². The SMILES string of the molecule is CCc1ccc(CC(C)(O)C(=O)O)cc1. The second kappa shape index (κ2) is 4.45. The van der Waals surface area contributed by atoms with Gasteiger partial charge >= 0.3 is 5.97 Å². The minimum atomic E-state index is -1.69. The Labute approximate surface area is 89.4 Å². The Kier molecular flexibility index (Phi) is 3.48. The first-order chi connectivity index (χ1) is 6.95. The van der Waals surface area contributed by atoms with E-state index in [4.69, 9.17) is 5.11 Å². The molecule has 1 aromatic rings. The second-order valence-electron chi connectivity index (χ2n) is 3.93. The summed E-state index contributed by atoms with van der Waals surface area (Å²) in [6.45, 7) is 3.37. The van der Waals surface area contributed by atoms with Gasteiger partial charge in [-0.3, -0.25) is 0 Å². The molecule has 0 aliphatic rings. The molecule has 0 aliphatic carbocycles. The van der Waals surface area contributed by atoms with E-state index in [0.29, 0.717) is 0 Å². The van der Waals surface area contributed by atoms with Crippen molar-refractivity contribution in [3.8, 4) is 0 Å². The van der Waals surface area contributed by atoms with Crippen molar-refractivity contribution in [3.63, 3.8) is 0 Å². The summed E-state index contributed by atoms with van der Waals surface area (Å²) in [7, 11) is 0. The topological polar surface area (TPSA) is 57.5 Å². The number of carbonyl (C=O) groups is 1. The van der Waals surface area contributed by atoms with Gasteiger partial charge < -0.3 is 10.2 Å². The molecule has 0 aromatic heterocycles. The standard InChI is InChI=1S/C12H16O3/c1-3-9-4-6-10(7-5-9)8-12(2,15)11(13)14/h4-7,15H,3,8H2,1-2H3,(H,13,14). The third-order valence-electron chi connectivity index (χ3n) is 2.44. The zero-order valence-electron chi connectivity index (χ0n) is 9.03. The number of hydrogen-bond acceptors (Lipinski definition) is 2. The third-order valence-corrected chi connectivity index (χ3v) is 2.44. The summed E-state index contributed by atoms with van der Waals surface area (Å²) in [4.78, 5) is 10.7. The molecule has 0 heterocycles. The average molecular weight is 208 g/mol. The van der Waals surface area contributed by atoms with Gasteiger partial charge in [0.1, 0.15) is 0 Å². The van der Waals surface area contributed by atoms with Crippen molar-refractivity contribution in [1.82, 2.24) is 0 Å². The lowest BCUT2D eigenvalue weighted by molar-refractivity contribution is -0.156. The summed E-state index contributed by atoms with van der Waals surface area (Å²) >= 11 is 0. The molecular weight excluding hydrogens is 192 g/mol. The van der Waals surface area contributed by atoms with E-state index in [0.717, 1.165) is 12.0 Å². The number of aliphatic carboxylic acids is 1. The smallest absolute Gasteiger partial charge is 0.335 e. The van der Waals surface area contributed by atoms with Gasteiger partial charge in [-0.05, 0) is 24.5 Å². The Morgan fingerprint density at radius 2 is 1.73 bits per heavy atom. The van der Waals surface area contributed by atoms with Gasteiger partial charge in [0.15, 0.2) is 5.60 Å². The molecule has 3 heteroatoms. The molecule has 82 valence electrons. The average Bonchev–Trinajstić information content (AvgIpc) is 2.18. The minimum absolute atomic E-state index is 0.131. The molecule has 1 rings (SSSR count). The summed E-state index contributed by atoms with van der Waals surface area (Å²) in [6.07, 6.45) is 1.09. The molecule has 0 saturated carbocycles. The van der Waals surface area contributed by atoms with Crippen LogP contribution in [0.1, 0.15) is 25.0 Å². The van der Waals surface area contributed by atoms with Crippen LogP contribution in [0.4, 0.5) is 0 Å². The largest absolute Gasteiger partial charge is 0.479 e. The van der Waals surface area contributed by atoms with E-state index >= 15 is 0 Å². The molecule has 0 aliphatic heterocycles. The van der Waals surface area contributed by atoms with Crippen LogP contribution in [0.15, 0.2) is 24.3 Å². The van der Waals surface area contributed by atoms with E-state index in [1.807, 2.05) is 24.3 Å². The highest BCUT2D eigenvalue weighted by atomic mass is 16.4. The Morgan fingerprint density at radius 3 is 2.13 bits per heavy atom. The Balaban J connectivity index is 2.77. The Hall–Kier alpha value is -1.35. The van der Waals surface area contributed by atoms with Crippen LogP contribution in [0.25, 0.3) is 0 Å². The summed E-state index contributed by atoms with van der Waals surface area (Å²) in [5.41, 5.74) is 0.349. The van der Waals surface area contributed by atoms with E-state index in [1.54, 1.807) is 0 Å². The molecule has 0 bridgehead atoms. The summed E-state index contributed by atoms with van der Waals surface area (Å²) in [5, 5.41) is 18.3. The van der Waals surface area contributed by atoms with Gasteiger partial charge in [0.2, 0.25) is 0 Å².